The standard InChI is InChI=1S/C27H45N9O7/c1-25(2,3)41-22(38)32-21(29-10-17-11-30-36(33-17)15-18-19(28)20(37)31-18)35(24(40)43-27(7,8)9)14-16-12-34(13-16)23(39)42-26(4,5)6/h11,16,18-19H,10,12-15,28H2,1-9H3,(H,31,37)(H,29,32,38)/t18-,19?/m0/s1. The smallest absolute Gasteiger partial charge is 0.437 e. The Labute approximate surface area is 251 Å². The molecular weight excluding hydrogens is 562 g/mol. The zero-order valence-corrected chi connectivity index (χ0v) is 26.5. The van der Waals surface area contributed by atoms with E-state index < -0.39 is 41.1 Å². The first-order valence-electron chi connectivity index (χ1n) is 14.2. The van der Waals surface area contributed by atoms with Gasteiger partial charge in [-0.2, -0.15) is 15.0 Å². The third-order valence-corrected chi connectivity index (χ3v) is 5.95. The van der Waals surface area contributed by atoms with E-state index in [1.807, 2.05) is 0 Å². The number of carbonyl (C=O) groups is 4. The largest absolute Gasteiger partial charge is 0.444 e. The highest BCUT2D eigenvalue weighted by atomic mass is 16.6. The number of aliphatic imine (C=N–C) groups is 1. The van der Waals surface area contributed by atoms with Gasteiger partial charge in [0.1, 0.15) is 28.5 Å². The Balaban J connectivity index is 1.79. The van der Waals surface area contributed by atoms with E-state index in [2.05, 4.69) is 25.8 Å². The molecule has 240 valence electrons. The molecule has 16 heteroatoms. The van der Waals surface area contributed by atoms with Gasteiger partial charge < -0.3 is 35.5 Å². The van der Waals surface area contributed by atoms with Crippen molar-refractivity contribution in [3.8, 4) is 0 Å². The highest BCUT2D eigenvalue weighted by Crippen LogP contribution is 2.22. The van der Waals surface area contributed by atoms with Crippen molar-refractivity contribution in [2.45, 2.75) is 104 Å². The van der Waals surface area contributed by atoms with Gasteiger partial charge in [-0.1, -0.05) is 0 Å². The van der Waals surface area contributed by atoms with Crippen molar-refractivity contribution in [1.82, 2.24) is 35.4 Å². The van der Waals surface area contributed by atoms with Crippen LogP contribution in [-0.4, -0.2) is 103 Å². The first-order valence-corrected chi connectivity index (χ1v) is 14.2. The maximum atomic E-state index is 13.4. The number of nitrogens with zero attached hydrogens (tertiary/aromatic N) is 6. The van der Waals surface area contributed by atoms with Crippen LogP contribution in [0.25, 0.3) is 0 Å². The Hall–Kier alpha value is -3.95. The van der Waals surface area contributed by atoms with Crippen molar-refractivity contribution in [3.63, 3.8) is 0 Å². The summed E-state index contributed by atoms with van der Waals surface area (Å²) in [7, 11) is 0. The monoisotopic (exact) mass is 607 g/mol. The molecule has 0 aliphatic carbocycles. The fourth-order valence-electron chi connectivity index (χ4n) is 4.01. The lowest BCUT2D eigenvalue weighted by Gasteiger charge is -2.41. The highest BCUT2D eigenvalue weighted by Gasteiger charge is 2.39. The second-order valence-electron chi connectivity index (χ2n) is 13.6. The number of guanidine groups is 1. The number of likely N-dealkylation sites (tertiary alicyclic amines) is 1. The summed E-state index contributed by atoms with van der Waals surface area (Å²) in [5.41, 5.74) is 3.96. The van der Waals surface area contributed by atoms with E-state index in [1.165, 1.54) is 20.8 Å². The van der Waals surface area contributed by atoms with Crippen LogP contribution >= 0.6 is 0 Å². The molecule has 2 fully saturated rings. The van der Waals surface area contributed by atoms with E-state index in [9.17, 15) is 19.2 Å². The molecule has 0 spiro atoms. The molecule has 4 amide bonds. The Morgan fingerprint density at radius 1 is 1.05 bits per heavy atom. The molecule has 2 atom stereocenters. The quantitative estimate of drug-likeness (QED) is 0.184. The SMILES string of the molecule is CC(C)(C)OC(=O)N=C(NCc1cnn(C[C@@H]2NC(=O)C2N)n1)N(CC1CN(C(=O)OC(C)(C)C)C1)C(=O)OC(C)(C)C. The topological polar surface area (TPSA) is 196 Å². The zero-order valence-electron chi connectivity index (χ0n) is 26.5. The molecule has 2 aliphatic heterocycles. The van der Waals surface area contributed by atoms with Crippen molar-refractivity contribution in [2.24, 2.45) is 16.6 Å². The van der Waals surface area contributed by atoms with Crippen LogP contribution in [0.2, 0.25) is 0 Å². The molecule has 3 heterocycles. The lowest BCUT2D eigenvalue weighted by molar-refractivity contribution is -0.130. The van der Waals surface area contributed by atoms with Crippen LogP contribution in [-0.2, 0) is 32.1 Å². The van der Waals surface area contributed by atoms with E-state index in [0.717, 1.165) is 0 Å². The minimum Gasteiger partial charge on any atom is -0.444 e. The van der Waals surface area contributed by atoms with Crippen molar-refractivity contribution in [3.05, 3.63) is 11.9 Å². The first-order chi connectivity index (χ1) is 19.7. The molecule has 1 unspecified atom stereocenters. The third-order valence-electron chi connectivity index (χ3n) is 5.95. The highest BCUT2D eigenvalue weighted by molar-refractivity contribution is 5.99. The summed E-state index contributed by atoms with van der Waals surface area (Å²) in [6.45, 7) is 16.7. The number of carbonyl (C=O) groups excluding carboxylic acids is 4. The van der Waals surface area contributed by atoms with Crippen molar-refractivity contribution in [1.29, 1.82) is 0 Å². The number of hydrogen-bond acceptors (Lipinski definition) is 10. The molecule has 4 N–H and O–H groups in total. The Morgan fingerprint density at radius 3 is 2.19 bits per heavy atom. The third kappa shape index (κ3) is 10.4. The van der Waals surface area contributed by atoms with Crippen molar-refractivity contribution >= 4 is 30.1 Å². The number of ether oxygens (including phenoxy) is 3. The van der Waals surface area contributed by atoms with Crippen molar-refractivity contribution < 1.29 is 33.4 Å². The number of hydrogen-bond donors (Lipinski definition) is 3. The summed E-state index contributed by atoms with van der Waals surface area (Å²) >= 11 is 0. The number of amides is 4. The second-order valence-corrected chi connectivity index (χ2v) is 13.6. The number of nitrogens with two attached hydrogens (primary N) is 1. The Bertz CT molecular complexity index is 1220. The predicted octanol–water partition coefficient (Wildman–Crippen LogP) is 1.59. The predicted molar refractivity (Wildman–Crippen MR) is 155 cm³/mol. The van der Waals surface area contributed by atoms with E-state index in [1.54, 1.807) is 62.3 Å². The van der Waals surface area contributed by atoms with Gasteiger partial charge in [-0.3, -0.25) is 4.79 Å². The van der Waals surface area contributed by atoms with Crippen LogP contribution < -0.4 is 16.4 Å². The number of rotatable bonds is 6. The average molecular weight is 608 g/mol. The molecule has 2 saturated heterocycles. The van der Waals surface area contributed by atoms with Gasteiger partial charge in [0.15, 0.2) is 0 Å². The second kappa shape index (κ2) is 12.7. The minimum atomic E-state index is -0.911. The number of aromatic nitrogens is 3. The molecule has 0 radical (unpaired) electrons. The van der Waals surface area contributed by atoms with Crippen LogP contribution in [0.4, 0.5) is 14.4 Å². The van der Waals surface area contributed by atoms with E-state index in [-0.39, 0.29) is 43.5 Å². The Kier molecular flexibility index (Phi) is 9.93. The zero-order chi connectivity index (χ0) is 32.3. The van der Waals surface area contributed by atoms with Gasteiger partial charge in [0.25, 0.3) is 0 Å². The lowest BCUT2D eigenvalue weighted by atomic mass is 10.0. The average Bonchev–Trinajstić information content (AvgIpc) is 3.24. The molecular formula is C27H45N9O7. The molecule has 0 bridgehead atoms. The number of nitrogens with one attached hydrogen (secondary N) is 2. The van der Waals surface area contributed by atoms with Gasteiger partial charge in [0.2, 0.25) is 11.9 Å². The molecule has 2 aliphatic rings. The molecule has 1 aromatic heterocycles. The fourth-order valence-corrected chi connectivity index (χ4v) is 4.01. The molecule has 16 nitrogen and oxygen atoms in total. The van der Waals surface area contributed by atoms with E-state index in [0.29, 0.717) is 18.8 Å². The Morgan fingerprint density at radius 2 is 1.65 bits per heavy atom. The van der Waals surface area contributed by atoms with Gasteiger partial charge >= 0.3 is 18.3 Å². The van der Waals surface area contributed by atoms with Gasteiger partial charge in [0.05, 0.1) is 25.3 Å². The summed E-state index contributed by atoms with van der Waals surface area (Å²) in [4.78, 5) is 58.3. The minimum absolute atomic E-state index is 0.0404. The van der Waals surface area contributed by atoms with Crippen LogP contribution in [0.5, 0.6) is 0 Å². The summed E-state index contributed by atoms with van der Waals surface area (Å²) in [5.74, 6) is -0.486. The summed E-state index contributed by atoms with van der Waals surface area (Å²) in [6.07, 6.45) is -0.590. The van der Waals surface area contributed by atoms with Crippen LogP contribution in [0.1, 0.15) is 68.0 Å². The van der Waals surface area contributed by atoms with Gasteiger partial charge in [-0.25, -0.2) is 19.3 Å². The molecule has 0 aromatic carbocycles. The molecule has 1 aromatic rings. The first kappa shape index (κ1) is 33.6. The van der Waals surface area contributed by atoms with Gasteiger partial charge in [0, 0.05) is 25.6 Å². The van der Waals surface area contributed by atoms with Crippen LogP contribution in [0.3, 0.4) is 0 Å². The van der Waals surface area contributed by atoms with Crippen LogP contribution in [0, 0.1) is 5.92 Å². The molecule has 43 heavy (non-hydrogen) atoms. The normalized spacial score (nSPS) is 19.5. The summed E-state index contributed by atoms with van der Waals surface area (Å²) < 4.78 is 16.5. The van der Waals surface area contributed by atoms with Gasteiger partial charge in [-0.05, 0) is 62.3 Å². The fraction of sp³-hybridized carbons (Fsp3) is 0.741. The van der Waals surface area contributed by atoms with E-state index >= 15 is 0 Å². The lowest BCUT2D eigenvalue weighted by Crippen LogP contribution is -2.68. The maximum Gasteiger partial charge on any atom is 0.437 e. The molecule has 0 saturated carbocycles. The van der Waals surface area contributed by atoms with Gasteiger partial charge in [-0.15, -0.1) is 4.99 Å². The molecule has 3 rings (SSSR count). The summed E-state index contributed by atoms with van der Waals surface area (Å²) in [5, 5.41) is 14.3. The maximum absolute atomic E-state index is 13.4. The van der Waals surface area contributed by atoms with Crippen LogP contribution in [0.15, 0.2) is 11.2 Å². The number of β-lactam (4-membered cyclic amide) rings is 1. The van der Waals surface area contributed by atoms with E-state index in [4.69, 9.17) is 19.9 Å². The van der Waals surface area contributed by atoms with Crippen molar-refractivity contribution in [2.75, 3.05) is 19.6 Å². The summed E-state index contributed by atoms with van der Waals surface area (Å²) in [6, 6.07) is -0.907.